The van der Waals surface area contributed by atoms with Crippen molar-refractivity contribution in [3.05, 3.63) is 66.2 Å². The molecule has 0 bridgehead atoms. The molecule has 90 valence electrons. The van der Waals surface area contributed by atoms with Crippen molar-refractivity contribution in [2.75, 3.05) is 0 Å². The third kappa shape index (κ3) is 2.00. The van der Waals surface area contributed by atoms with Crippen LogP contribution in [0.15, 0.2) is 59.3 Å². The zero-order valence-electron chi connectivity index (χ0n) is 9.91. The number of hydrogen-bond donors (Lipinski definition) is 1. The third-order valence-corrected chi connectivity index (χ3v) is 3.07. The molecule has 2 N–H and O–H groups in total. The first-order chi connectivity index (χ1) is 8.84. The summed E-state index contributed by atoms with van der Waals surface area (Å²) in [5, 5.41) is 1.08. The molecule has 1 unspecified atom stereocenters. The Labute approximate surface area is 105 Å². The summed E-state index contributed by atoms with van der Waals surface area (Å²) in [6, 6.07) is 13.7. The normalized spacial score (nSPS) is 12.7. The highest BCUT2D eigenvalue weighted by atomic mass is 16.3. The van der Waals surface area contributed by atoms with Gasteiger partial charge in [0.1, 0.15) is 5.58 Å². The van der Waals surface area contributed by atoms with E-state index < -0.39 is 0 Å². The summed E-state index contributed by atoms with van der Waals surface area (Å²) in [4.78, 5) is 4.30. The Morgan fingerprint density at radius 1 is 1.11 bits per heavy atom. The number of para-hydroxylation sites is 1. The van der Waals surface area contributed by atoms with Crippen molar-refractivity contribution in [2.24, 2.45) is 5.73 Å². The Balaban J connectivity index is 1.90. The lowest BCUT2D eigenvalue weighted by Crippen LogP contribution is -2.13. The van der Waals surface area contributed by atoms with Crippen LogP contribution in [0.3, 0.4) is 0 Å². The Bertz CT molecular complexity index is 646. The highest BCUT2D eigenvalue weighted by Gasteiger charge is 2.13. The summed E-state index contributed by atoms with van der Waals surface area (Å²) in [6.07, 6.45) is 4.25. The summed E-state index contributed by atoms with van der Waals surface area (Å²) in [5.74, 6) is 0. The summed E-state index contributed by atoms with van der Waals surface area (Å²) in [5.41, 5.74) is 9.15. The molecule has 0 aliphatic rings. The topological polar surface area (TPSA) is 52.0 Å². The number of fused-ring (bicyclic) bond motifs is 1. The monoisotopic (exact) mass is 238 g/mol. The zero-order valence-corrected chi connectivity index (χ0v) is 9.91. The standard InChI is InChI=1S/C15H14N2O/c16-14(9-11-5-3-4-8-17-11)13-10-18-15-7-2-1-6-12(13)15/h1-8,10,14H,9,16H2. The molecule has 1 atom stereocenters. The van der Waals surface area contributed by atoms with Gasteiger partial charge in [0.15, 0.2) is 0 Å². The van der Waals surface area contributed by atoms with Gasteiger partial charge in [-0.2, -0.15) is 0 Å². The molecule has 0 fully saturated rings. The Morgan fingerprint density at radius 2 is 1.94 bits per heavy atom. The smallest absolute Gasteiger partial charge is 0.134 e. The van der Waals surface area contributed by atoms with Gasteiger partial charge in [-0.05, 0) is 18.2 Å². The maximum Gasteiger partial charge on any atom is 0.134 e. The van der Waals surface area contributed by atoms with E-state index in [9.17, 15) is 0 Å². The van der Waals surface area contributed by atoms with Gasteiger partial charge in [-0.25, -0.2) is 0 Å². The molecule has 0 spiro atoms. The Hall–Kier alpha value is -2.13. The molecule has 18 heavy (non-hydrogen) atoms. The van der Waals surface area contributed by atoms with E-state index in [0.29, 0.717) is 6.42 Å². The van der Waals surface area contributed by atoms with Crippen molar-refractivity contribution in [2.45, 2.75) is 12.5 Å². The number of benzene rings is 1. The molecule has 0 saturated carbocycles. The lowest BCUT2D eigenvalue weighted by atomic mass is 10.0. The summed E-state index contributed by atoms with van der Waals surface area (Å²) in [6.45, 7) is 0. The van der Waals surface area contributed by atoms with Crippen LogP contribution in [0, 0.1) is 0 Å². The lowest BCUT2D eigenvalue weighted by Gasteiger charge is -2.09. The molecule has 0 amide bonds. The molecule has 3 nitrogen and oxygen atoms in total. The Morgan fingerprint density at radius 3 is 2.78 bits per heavy atom. The van der Waals surface area contributed by atoms with E-state index >= 15 is 0 Å². The summed E-state index contributed by atoms with van der Waals surface area (Å²) < 4.78 is 5.51. The van der Waals surface area contributed by atoms with Gasteiger partial charge >= 0.3 is 0 Å². The van der Waals surface area contributed by atoms with Gasteiger partial charge in [0, 0.05) is 35.3 Å². The van der Waals surface area contributed by atoms with Crippen molar-refractivity contribution in [1.82, 2.24) is 4.98 Å². The first-order valence-corrected chi connectivity index (χ1v) is 5.96. The number of aromatic nitrogens is 1. The highest BCUT2D eigenvalue weighted by molar-refractivity contribution is 5.81. The van der Waals surface area contributed by atoms with Crippen LogP contribution in [0.25, 0.3) is 11.0 Å². The molecule has 3 aromatic rings. The van der Waals surface area contributed by atoms with E-state index in [0.717, 1.165) is 22.2 Å². The SMILES string of the molecule is NC(Cc1ccccn1)c1coc2ccccc12. The van der Waals surface area contributed by atoms with Crippen molar-refractivity contribution in [3.8, 4) is 0 Å². The molecule has 2 heterocycles. The van der Waals surface area contributed by atoms with Gasteiger partial charge in [0.05, 0.1) is 6.26 Å². The minimum atomic E-state index is -0.0939. The van der Waals surface area contributed by atoms with E-state index in [2.05, 4.69) is 4.98 Å². The molecular weight excluding hydrogens is 224 g/mol. The van der Waals surface area contributed by atoms with Crippen LogP contribution < -0.4 is 5.73 Å². The summed E-state index contributed by atoms with van der Waals surface area (Å²) in [7, 11) is 0. The molecule has 2 aromatic heterocycles. The van der Waals surface area contributed by atoms with Gasteiger partial charge < -0.3 is 10.2 Å². The van der Waals surface area contributed by atoms with Crippen LogP contribution in [0.2, 0.25) is 0 Å². The van der Waals surface area contributed by atoms with E-state index in [1.54, 1.807) is 12.5 Å². The second-order valence-electron chi connectivity index (χ2n) is 4.32. The fourth-order valence-electron chi connectivity index (χ4n) is 2.14. The van der Waals surface area contributed by atoms with Gasteiger partial charge in [0.2, 0.25) is 0 Å². The van der Waals surface area contributed by atoms with Crippen LogP contribution in [0.4, 0.5) is 0 Å². The van der Waals surface area contributed by atoms with Crippen LogP contribution in [-0.2, 0) is 6.42 Å². The van der Waals surface area contributed by atoms with Crippen molar-refractivity contribution in [1.29, 1.82) is 0 Å². The van der Waals surface area contributed by atoms with E-state index in [4.69, 9.17) is 10.2 Å². The molecule has 0 aliphatic heterocycles. The number of rotatable bonds is 3. The van der Waals surface area contributed by atoms with E-state index in [1.165, 1.54) is 0 Å². The highest BCUT2D eigenvalue weighted by Crippen LogP contribution is 2.26. The Kier molecular flexibility index (Phi) is 2.82. The minimum absolute atomic E-state index is 0.0939. The molecular formula is C15H14N2O. The second kappa shape index (κ2) is 4.63. The maximum atomic E-state index is 6.24. The van der Waals surface area contributed by atoms with Crippen molar-refractivity contribution >= 4 is 11.0 Å². The maximum absolute atomic E-state index is 6.24. The van der Waals surface area contributed by atoms with Gasteiger partial charge in [-0.15, -0.1) is 0 Å². The van der Waals surface area contributed by atoms with Gasteiger partial charge in [-0.1, -0.05) is 24.3 Å². The average molecular weight is 238 g/mol. The quantitative estimate of drug-likeness (QED) is 0.763. The first-order valence-electron chi connectivity index (χ1n) is 5.96. The summed E-state index contributed by atoms with van der Waals surface area (Å²) >= 11 is 0. The van der Waals surface area contributed by atoms with Crippen LogP contribution >= 0.6 is 0 Å². The molecule has 3 heteroatoms. The molecule has 0 radical (unpaired) electrons. The molecule has 3 rings (SSSR count). The predicted molar refractivity (Wildman–Crippen MR) is 71.1 cm³/mol. The van der Waals surface area contributed by atoms with Crippen LogP contribution in [0.5, 0.6) is 0 Å². The predicted octanol–water partition coefficient (Wildman–Crippen LogP) is 3.07. The van der Waals surface area contributed by atoms with Crippen LogP contribution in [-0.4, -0.2) is 4.98 Å². The average Bonchev–Trinajstić information content (AvgIpc) is 2.84. The number of pyridine rings is 1. The minimum Gasteiger partial charge on any atom is -0.464 e. The number of hydrogen-bond acceptors (Lipinski definition) is 3. The molecule has 0 saturated heterocycles. The lowest BCUT2D eigenvalue weighted by molar-refractivity contribution is 0.598. The molecule has 0 aliphatic carbocycles. The number of furan rings is 1. The first kappa shape index (κ1) is 11.0. The van der Waals surface area contributed by atoms with E-state index in [1.807, 2.05) is 42.5 Å². The zero-order chi connectivity index (χ0) is 12.4. The third-order valence-electron chi connectivity index (χ3n) is 3.07. The van der Waals surface area contributed by atoms with Crippen molar-refractivity contribution in [3.63, 3.8) is 0 Å². The fourth-order valence-corrected chi connectivity index (χ4v) is 2.14. The van der Waals surface area contributed by atoms with Gasteiger partial charge in [0.25, 0.3) is 0 Å². The number of nitrogens with zero attached hydrogens (tertiary/aromatic N) is 1. The fraction of sp³-hybridized carbons (Fsp3) is 0.133. The van der Waals surface area contributed by atoms with Crippen molar-refractivity contribution < 1.29 is 4.42 Å². The van der Waals surface area contributed by atoms with Crippen LogP contribution in [0.1, 0.15) is 17.3 Å². The van der Waals surface area contributed by atoms with E-state index in [-0.39, 0.29) is 6.04 Å². The molecule has 1 aromatic carbocycles. The number of nitrogens with two attached hydrogens (primary N) is 1. The largest absolute Gasteiger partial charge is 0.464 e. The second-order valence-corrected chi connectivity index (χ2v) is 4.32. The van der Waals surface area contributed by atoms with Gasteiger partial charge in [-0.3, -0.25) is 4.98 Å².